The Balaban J connectivity index is 1.81. The highest BCUT2D eigenvalue weighted by molar-refractivity contribution is 7.92. The highest BCUT2D eigenvalue weighted by Gasteiger charge is 2.27. The molecule has 30 heavy (non-hydrogen) atoms. The molecule has 0 aliphatic rings. The van der Waals surface area contributed by atoms with Crippen LogP contribution >= 0.6 is 11.6 Å². The summed E-state index contributed by atoms with van der Waals surface area (Å²) in [5.41, 5.74) is 4.39. The number of carbonyl (C=O) groups is 1. The summed E-state index contributed by atoms with van der Waals surface area (Å²) in [5.74, 6) is -0.576. The van der Waals surface area contributed by atoms with Crippen molar-refractivity contribution in [3.8, 4) is 0 Å². The molecule has 154 valence electrons. The minimum absolute atomic E-state index is 0.104. The molecule has 6 nitrogen and oxygen atoms in total. The number of benzene rings is 3. The van der Waals surface area contributed by atoms with Gasteiger partial charge < -0.3 is 0 Å². The average molecular weight is 442 g/mol. The molecule has 0 bridgehead atoms. The molecule has 1 N–H and O–H groups in total. The van der Waals surface area contributed by atoms with Gasteiger partial charge in [0.2, 0.25) is 0 Å². The van der Waals surface area contributed by atoms with Crippen LogP contribution in [0.25, 0.3) is 0 Å². The summed E-state index contributed by atoms with van der Waals surface area (Å²) in [6, 6.07) is 21.9. The largest absolute Gasteiger partial charge is 0.271 e. The van der Waals surface area contributed by atoms with Gasteiger partial charge in [-0.05, 0) is 48.9 Å². The van der Waals surface area contributed by atoms with E-state index >= 15 is 0 Å². The number of rotatable bonds is 7. The molecular weight excluding hydrogens is 422 g/mol. The lowest BCUT2D eigenvalue weighted by Crippen LogP contribution is -2.39. The van der Waals surface area contributed by atoms with Crippen LogP contribution in [0, 0.1) is 6.92 Å². The van der Waals surface area contributed by atoms with Crippen LogP contribution in [0.3, 0.4) is 0 Å². The van der Waals surface area contributed by atoms with Gasteiger partial charge in [0, 0.05) is 5.02 Å². The minimum atomic E-state index is -3.95. The van der Waals surface area contributed by atoms with Crippen molar-refractivity contribution in [2.75, 3.05) is 10.8 Å². The van der Waals surface area contributed by atoms with E-state index in [4.69, 9.17) is 11.6 Å². The zero-order chi connectivity index (χ0) is 21.6. The predicted molar refractivity (Wildman–Crippen MR) is 119 cm³/mol. The standard InChI is InChI=1S/C22H20ClN3O3S/c1-17-10-12-21(13-11-17)30(28,29)26(20-8-3-2-4-9-20)16-22(27)25-24-15-18-6-5-7-19(23)14-18/h2-15H,16H2,1H3,(H,25,27)/b24-15+. The number of halogens is 1. The van der Waals surface area contributed by atoms with E-state index in [0.717, 1.165) is 9.87 Å². The van der Waals surface area contributed by atoms with Gasteiger partial charge in [-0.1, -0.05) is 59.6 Å². The quantitative estimate of drug-likeness (QED) is 0.444. The average Bonchev–Trinajstić information content (AvgIpc) is 2.73. The summed E-state index contributed by atoms with van der Waals surface area (Å²) >= 11 is 5.92. The van der Waals surface area contributed by atoms with Gasteiger partial charge in [-0.25, -0.2) is 13.8 Å². The van der Waals surface area contributed by atoms with E-state index in [2.05, 4.69) is 10.5 Å². The molecule has 0 saturated carbocycles. The number of hydrogen-bond donors (Lipinski definition) is 1. The van der Waals surface area contributed by atoms with Crippen molar-refractivity contribution in [2.45, 2.75) is 11.8 Å². The molecule has 0 spiro atoms. The molecule has 0 radical (unpaired) electrons. The lowest BCUT2D eigenvalue weighted by atomic mass is 10.2. The summed E-state index contributed by atoms with van der Waals surface area (Å²) in [5, 5.41) is 4.44. The van der Waals surface area contributed by atoms with Crippen LogP contribution in [0.15, 0.2) is 88.9 Å². The lowest BCUT2D eigenvalue weighted by Gasteiger charge is -2.23. The number of hydrazone groups is 1. The second kappa shape index (κ2) is 9.56. The second-order valence-corrected chi connectivity index (χ2v) is 8.81. The van der Waals surface area contributed by atoms with E-state index in [0.29, 0.717) is 16.3 Å². The molecule has 0 atom stereocenters. The van der Waals surface area contributed by atoms with E-state index < -0.39 is 22.5 Å². The molecule has 3 rings (SSSR count). The molecule has 0 aliphatic heterocycles. The van der Waals surface area contributed by atoms with E-state index in [1.807, 2.05) is 6.92 Å². The highest BCUT2D eigenvalue weighted by Crippen LogP contribution is 2.23. The van der Waals surface area contributed by atoms with Gasteiger partial charge in [-0.2, -0.15) is 5.10 Å². The normalized spacial score (nSPS) is 11.4. The number of amides is 1. The first-order valence-corrected chi connectivity index (χ1v) is 10.9. The van der Waals surface area contributed by atoms with Gasteiger partial charge in [-0.15, -0.1) is 0 Å². The molecule has 1 amide bonds. The highest BCUT2D eigenvalue weighted by atomic mass is 35.5. The number of nitrogens with zero attached hydrogens (tertiary/aromatic N) is 2. The Morgan fingerprint density at radius 1 is 1.03 bits per heavy atom. The van der Waals surface area contributed by atoms with Crippen LogP contribution in [0.5, 0.6) is 0 Å². The Kier molecular flexibility index (Phi) is 6.87. The smallest absolute Gasteiger partial charge is 0.264 e. The van der Waals surface area contributed by atoms with E-state index in [1.165, 1.54) is 18.3 Å². The van der Waals surface area contributed by atoms with Crippen LogP contribution in [0.1, 0.15) is 11.1 Å². The maximum absolute atomic E-state index is 13.2. The topological polar surface area (TPSA) is 78.8 Å². The first-order chi connectivity index (χ1) is 14.4. The molecule has 0 unspecified atom stereocenters. The van der Waals surface area contributed by atoms with Gasteiger partial charge in [0.15, 0.2) is 0 Å². The van der Waals surface area contributed by atoms with Gasteiger partial charge in [0.25, 0.3) is 15.9 Å². The summed E-state index contributed by atoms with van der Waals surface area (Å²) in [7, 11) is -3.95. The fourth-order valence-electron chi connectivity index (χ4n) is 2.68. The minimum Gasteiger partial charge on any atom is -0.271 e. The third-order valence-electron chi connectivity index (χ3n) is 4.19. The molecule has 0 fully saturated rings. The monoisotopic (exact) mass is 441 g/mol. The molecule has 3 aromatic carbocycles. The first-order valence-electron chi connectivity index (χ1n) is 9.08. The Bertz CT molecular complexity index is 1150. The van der Waals surface area contributed by atoms with E-state index in [-0.39, 0.29) is 4.90 Å². The maximum Gasteiger partial charge on any atom is 0.264 e. The molecule has 3 aromatic rings. The fourth-order valence-corrected chi connectivity index (χ4v) is 4.30. The number of carbonyl (C=O) groups excluding carboxylic acids is 1. The third kappa shape index (κ3) is 5.46. The Labute approximate surface area is 180 Å². The SMILES string of the molecule is Cc1ccc(S(=O)(=O)N(CC(=O)N/N=C/c2cccc(Cl)c2)c2ccccc2)cc1. The van der Waals surface area contributed by atoms with Gasteiger partial charge in [-0.3, -0.25) is 9.10 Å². The van der Waals surface area contributed by atoms with Crippen molar-refractivity contribution in [2.24, 2.45) is 5.10 Å². The summed E-state index contributed by atoms with van der Waals surface area (Å²) in [6.07, 6.45) is 1.44. The first kappa shape index (κ1) is 21.5. The number of anilines is 1. The number of aryl methyl sites for hydroxylation is 1. The van der Waals surface area contributed by atoms with Crippen molar-refractivity contribution in [1.29, 1.82) is 0 Å². The van der Waals surface area contributed by atoms with Crippen molar-refractivity contribution in [3.63, 3.8) is 0 Å². The summed E-state index contributed by atoms with van der Waals surface area (Å²) in [4.78, 5) is 12.6. The molecule has 8 heteroatoms. The molecule has 0 heterocycles. The van der Waals surface area contributed by atoms with E-state index in [9.17, 15) is 13.2 Å². The van der Waals surface area contributed by atoms with Crippen molar-refractivity contribution >= 4 is 39.4 Å². The number of hydrogen-bond acceptors (Lipinski definition) is 4. The number of sulfonamides is 1. The molecular formula is C22H20ClN3O3S. The molecule has 0 aromatic heterocycles. The van der Waals surface area contributed by atoms with Gasteiger partial charge in [0.1, 0.15) is 6.54 Å². The third-order valence-corrected chi connectivity index (χ3v) is 6.22. The zero-order valence-electron chi connectivity index (χ0n) is 16.2. The summed E-state index contributed by atoms with van der Waals surface area (Å²) in [6.45, 7) is 1.45. The van der Waals surface area contributed by atoms with Gasteiger partial charge in [0.05, 0.1) is 16.8 Å². The Morgan fingerprint density at radius 2 is 1.73 bits per heavy atom. The van der Waals surface area contributed by atoms with Crippen LogP contribution in [0.2, 0.25) is 5.02 Å². The number of nitrogens with one attached hydrogen (secondary N) is 1. The maximum atomic E-state index is 13.2. The summed E-state index contributed by atoms with van der Waals surface area (Å²) < 4.78 is 27.5. The van der Waals surface area contributed by atoms with Crippen molar-refractivity contribution < 1.29 is 13.2 Å². The van der Waals surface area contributed by atoms with Crippen LogP contribution in [-0.4, -0.2) is 27.1 Å². The second-order valence-electron chi connectivity index (χ2n) is 6.51. The zero-order valence-corrected chi connectivity index (χ0v) is 17.8. The predicted octanol–water partition coefficient (Wildman–Crippen LogP) is 3.99. The molecule has 0 saturated heterocycles. The van der Waals surface area contributed by atoms with E-state index in [1.54, 1.807) is 66.7 Å². The van der Waals surface area contributed by atoms with Crippen molar-refractivity contribution in [1.82, 2.24) is 5.43 Å². The lowest BCUT2D eigenvalue weighted by molar-refractivity contribution is -0.119. The van der Waals surface area contributed by atoms with Crippen LogP contribution in [0.4, 0.5) is 5.69 Å². The van der Waals surface area contributed by atoms with Crippen LogP contribution in [-0.2, 0) is 14.8 Å². The van der Waals surface area contributed by atoms with Crippen LogP contribution < -0.4 is 9.73 Å². The number of para-hydroxylation sites is 1. The Hall–Kier alpha value is -3.16. The molecule has 0 aliphatic carbocycles. The van der Waals surface area contributed by atoms with Crippen molar-refractivity contribution in [3.05, 3.63) is 95.0 Å². The Morgan fingerprint density at radius 3 is 2.40 bits per heavy atom. The fraction of sp³-hybridized carbons (Fsp3) is 0.0909. The van der Waals surface area contributed by atoms with Gasteiger partial charge >= 0.3 is 0 Å².